The summed E-state index contributed by atoms with van der Waals surface area (Å²) in [5.74, 6) is 0. The number of aryl methyl sites for hydroxylation is 1. The van der Waals surface area contributed by atoms with Gasteiger partial charge >= 0.3 is 0 Å². The summed E-state index contributed by atoms with van der Waals surface area (Å²) in [4.78, 5) is 9.41. The van der Waals surface area contributed by atoms with Crippen LogP contribution in [0.15, 0.2) is 6.20 Å². The Hall–Kier alpha value is -1.53. The first-order valence-corrected chi connectivity index (χ1v) is 3.43. The molecular formula is C6H7F2N3O2. The van der Waals surface area contributed by atoms with Crippen LogP contribution in [0.25, 0.3) is 0 Å². The molecule has 5 nitrogen and oxygen atoms in total. The minimum atomic E-state index is -2.77. The lowest BCUT2D eigenvalue weighted by Crippen LogP contribution is -2.00. The second-order valence-electron chi connectivity index (χ2n) is 2.50. The zero-order valence-corrected chi connectivity index (χ0v) is 6.78. The van der Waals surface area contributed by atoms with Gasteiger partial charge in [0.25, 0.3) is 6.43 Å². The fourth-order valence-corrected chi connectivity index (χ4v) is 0.999. The van der Waals surface area contributed by atoms with E-state index in [2.05, 4.69) is 5.10 Å². The zero-order valence-electron chi connectivity index (χ0n) is 6.78. The van der Waals surface area contributed by atoms with Gasteiger partial charge in [0.15, 0.2) is 0 Å². The molecule has 0 fully saturated rings. The van der Waals surface area contributed by atoms with Gasteiger partial charge in [-0.15, -0.1) is 0 Å². The first kappa shape index (κ1) is 9.56. The van der Waals surface area contributed by atoms with Crippen molar-refractivity contribution >= 4 is 0 Å². The van der Waals surface area contributed by atoms with E-state index in [0.717, 1.165) is 4.68 Å². The Bertz CT molecular complexity index is 324. The lowest BCUT2D eigenvalue weighted by atomic mass is 10.2. The number of hydrogen-bond donors (Lipinski definition) is 0. The molecule has 13 heavy (non-hydrogen) atoms. The largest absolute Gasteiger partial charge is 0.282 e. The van der Waals surface area contributed by atoms with E-state index in [1.807, 2.05) is 0 Å². The molecule has 7 heteroatoms. The summed E-state index contributed by atoms with van der Waals surface area (Å²) in [6.07, 6.45) is -1.54. The molecule has 0 unspecified atom stereocenters. The minimum absolute atomic E-state index is 0.0394. The molecule has 1 rings (SSSR count). The van der Waals surface area contributed by atoms with Crippen molar-refractivity contribution in [3.8, 4) is 0 Å². The standard InChI is InChI=1S/C6H7F2N3O2/c1-10-2-4(3-11(12)13)5(9-10)6(7)8/h2,6H,3H2,1H3. The van der Waals surface area contributed by atoms with E-state index >= 15 is 0 Å². The van der Waals surface area contributed by atoms with Gasteiger partial charge in [-0.1, -0.05) is 0 Å². The summed E-state index contributed by atoms with van der Waals surface area (Å²) in [5.41, 5.74) is -0.554. The molecule has 0 aliphatic rings. The molecule has 0 aliphatic heterocycles. The van der Waals surface area contributed by atoms with E-state index in [1.165, 1.54) is 13.2 Å². The molecule has 0 aliphatic carbocycles. The van der Waals surface area contributed by atoms with Gasteiger partial charge in [0.1, 0.15) is 5.69 Å². The normalized spacial score (nSPS) is 10.8. The number of rotatable bonds is 3. The van der Waals surface area contributed by atoms with Crippen molar-refractivity contribution in [2.45, 2.75) is 13.0 Å². The highest BCUT2D eigenvalue weighted by Gasteiger charge is 2.20. The third-order valence-electron chi connectivity index (χ3n) is 1.44. The molecule has 1 aromatic heterocycles. The first-order chi connectivity index (χ1) is 6.00. The SMILES string of the molecule is Cn1cc(C[N+](=O)[O-])c(C(F)F)n1. The Morgan fingerprint density at radius 1 is 1.77 bits per heavy atom. The lowest BCUT2D eigenvalue weighted by Gasteiger charge is -1.94. The molecule has 0 aromatic carbocycles. The Balaban J connectivity index is 2.97. The molecule has 0 saturated heterocycles. The van der Waals surface area contributed by atoms with Crippen molar-refractivity contribution in [2.24, 2.45) is 7.05 Å². The molecule has 0 radical (unpaired) electrons. The van der Waals surface area contributed by atoms with Crippen LogP contribution in [0.5, 0.6) is 0 Å². The third-order valence-corrected chi connectivity index (χ3v) is 1.44. The highest BCUT2D eigenvalue weighted by molar-refractivity contribution is 5.16. The first-order valence-electron chi connectivity index (χ1n) is 3.43. The lowest BCUT2D eigenvalue weighted by molar-refractivity contribution is -0.497. The number of halogens is 2. The van der Waals surface area contributed by atoms with Crippen LogP contribution in [0.3, 0.4) is 0 Å². The number of aromatic nitrogens is 2. The van der Waals surface area contributed by atoms with Crippen molar-refractivity contribution in [3.05, 3.63) is 27.6 Å². The van der Waals surface area contributed by atoms with Crippen LogP contribution in [-0.2, 0) is 13.6 Å². The van der Waals surface area contributed by atoms with Crippen molar-refractivity contribution in [1.82, 2.24) is 9.78 Å². The Morgan fingerprint density at radius 2 is 2.38 bits per heavy atom. The van der Waals surface area contributed by atoms with Gasteiger partial charge in [-0.3, -0.25) is 14.8 Å². The van der Waals surface area contributed by atoms with E-state index < -0.39 is 23.6 Å². The van der Waals surface area contributed by atoms with Gasteiger partial charge in [0, 0.05) is 18.2 Å². The van der Waals surface area contributed by atoms with Crippen LogP contribution in [-0.4, -0.2) is 14.7 Å². The van der Waals surface area contributed by atoms with Gasteiger partial charge in [0.2, 0.25) is 6.54 Å². The topological polar surface area (TPSA) is 61.0 Å². The Labute approximate surface area is 72.1 Å². The fourth-order valence-electron chi connectivity index (χ4n) is 0.999. The molecule has 1 heterocycles. The van der Waals surface area contributed by atoms with E-state index in [9.17, 15) is 18.9 Å². The van der Waals surface area contributed by atoms with Crippen molar-refractivity contribution < 1.29 is 13.7 Å². The van der Waals surface area contributed by atoms with Crippen LogP contribution >= 0.6 is 0 Å². The third kappa shape index (κ3) is 2.20. The number of hydrogen-bond acceptors (Lipinski definition) is 3. The maximum absolute atomic E-state index is 12.2. The summed E-state index contributed by atoms with van der Waals surface area (Å²) in [7, 11) is 1.44. The average Bonchev–Trinajstić information content (AvgIpc) is 2.29. The van der Waals surface area contributed by atoms with Gasteiger partial charge < -0.3 is 0 Å². The Morgan fingerprint density at radius 3 is 2.85 bits per heavy atom. The maximum atomic E-state index is 12.2. The van der Waals surface area contributed by atoms with Gasteiger partial charge in [-0.05, 0) is 0 Å². The average molecular weight is 191 g/mol. The smallest absolute Gasteiger partial charge is 0.275 e. The predicted molar refractivity (Wildman–Crippen MR) is 38.9 cm³/mol. The van der Waals surface area contributed by atoms with E-state index in [4.69, 9.17) is 0 Å². The van der Waals surface area contributed by atoms with Crippen LogP contribution in [0.4, 0.5) is 8.78 Å². The van der Waals surface area contributed by atoms with Crippen molar-refractivity contribution in [2.75, 3.05) is 0 Å². The number of alkyl halides is 2. The van der Waals surface area contributed by atoms with Gasteiger partial charge in [-0.25, -0.2) is 8.78 Å². The maximum Gasteiger partial charge on any atom is 0.282 e. The molecule has 0 bridgehead atoms. The van der Waals surface area contributed by atoms with E-state index in [-0.39, 0.29) is 5.56 Å². The molecule has 1 aromatic rings. The molecular weight excluding hydrogens is 184 g/mol. The molecule has 0 saturated carbocycles. The highest BCUT2D eigenvalue weighted by Crippen LogP contribution is 2.21. The summed E-state index contributed by atoms with van der Waals surface area (Å²) in [6.45, 7) is -0.618. The van der Waals surface area contributed by atoms with Crippen molar-refractivity contribution in [1.29, 1.82) is 0 Å². The van der Waals surface area contributed by atoms with Gasteiger partial charge in [0.05, 0.1) is 5.56 Å². The fraction of sp³-hybridized carbons (Fsp3) is 0.500. The van der Waals surface area contributed by atoms with Crippen molar-refractivity contribution in [3.63, 3.8) is 0 Å². The summed E-state index contributed by atoms with van der Waals surface area (Å²) >= 11 is 0. The number of nitro groups is 1. The predicted octanol–water partition coefficient (Wildman–Crippen LogP) is 1.13. The molecule has 72 valence electrons. The van der Waals surface area contributed by atoms with Crippen LogP contribution < -0.4 is 0 Å². The summed E-state index contributed by atoms with van der Waals surface area (Å²) in [6, 6.07) is 0. The monoisotopic (exact) mass is 191 g/mol. The summed E-state index contributed by atoms with van der Waals surface area (Å²) < 4.78 is 25.5. The molecule has 0 atom stereocenters. The summed E-state index contributed by atoms with van der Waals surface area (Å²) in [5, 5.41) is 13.5. The van der Waals surface area contributed by atoms with E-state index in [1.54, 1.807) is 0 Å². The van der Waals surface area contributed by atoms with Crippen LogP contribution in [0.1, 0.15) is 17.7 Å². The number of nitrogens with zero attached hydrogens (tertiary/aromatic N) is 3. The second-order valence-corrected chi connectivity index (χ2v) is 2.50. The quantitative estimate of drug-likeness (QED) is 0.531. The van der Waals surface area contributed by atoms with Crippen LogP contribution in [0.2, 0.25) is 0 Å². The second kappa shape index (κ2) is 3.46. The zero-order chi connectivity index (χ0) is 10.0. The molecule has 0 spiro atoms. The molecule has 0 N–H and O–H groups in total. The van der Waals surface area contributed by atoms with Crippen LogP contribution in [0, 0.1) is 10.1 Å². The van der Waals surface area contributed by atoms with E-state index in [0.29, 0.717) is 0 Å². The van der Waals surface area contributed by atoms with Gasteiger partial charge in [-0.2, -0.15) is 5.10 Å². The minimum Gasteiger partial charge on any atom is -0.275 e. The molecule has 0 amide bonds. The highest BCUT2D eigenvalue weighted by atomic mass is 19.3. The Kier molecular flexibility index (Phi) is 2.54.